The summed E-state index contributed by atoms with van der Waals surface area (Å²) in [7, 11) is -7.08. The summed E-state index contributed by atoms with van der Waals surface area (Å²) in [6.07, 6.45) is 2.69. The van der Waals surface area contributed by atoms with E-state index in [1.165, 1.54) is 6.07 Å². The predicted molar refractivity (Wildman–Crippen MR) is 106 cm³/mol. The van der Waals surface area contributed by atoms with Gasteiger partial charge in [-0.3, -0.25) is 14.2 Å². The fourth-order valence-electron chi connectivity index (χ4n) is 2.51. The molecule has 0 spiro atoms. The van der Waals surface area contributed by atoms with E-state index in [1.807, 2.05) is 12.1 Å². The van der Waals surface area contributed by atoms with Crippen LogP contribution in [0.4, 0.5) is 11.4 Å². The van der Waals surface area contributed by atoms with Crippen molar-refractivity contribution in [1.29, 1.82) is 0 Å². The Hall–Kier alpha value is -2.59. The number of anilines is 2. The van der Waals surface area contributed by atoms with Gasteiger partial charge in [0.25, 0.3) is 0 Å². The molecule has 0 unspecified atom stereocenters. The van der Waals surface area contributed by atoms with E-state index in [0.717, 1.165) is 23.6 Å². The van der Waals surface area contributed by atoms with Gasteiger partial charge in [-0.2, -0.15) is 0 Å². The lowest BCUT2D eigenvalue weighted by atomic mass is 10.00. The first-order valence-electron chi connectivity index (χ1n) is 7.89. The van der Waals surface area contributed by atoms with E-state index in [1.54, 1.807) is 24.3 Å². The highest BCUT2D eigenvalue weighted by Gasteiger charge is 2.10. The second kappa shape index (κ2) is 7.97. The second-order valence-electron chi connectivity index (χ2n) is 6.21. The van der Waals surface area contributed by atoms with Gasteiger partial charge in [0, 0.05) is 6.42 Å². The Morgan fingerprint density at radius 3 is 1.93 bits per heavy atom. The molecule has 2 rings (SSSR count). The Bertz CT molecular complexity index is 1010. The SMILES string of the molecule is CS(=O)(=O)Nc1cc(NS(C)(=O)=O)cc(-c2cccc(CCC(N)=O)c2)c1. The number of nitrogens with one attached hydrogen (secondary N) is 2. The Morgan fingerprint density at radius 1 is 0.889 bits per heavy atom. The minimum atomic E-state index is -3.54. The minimum absolute atomic E-state index is 0.208. The van der Waals surface area contributed by atoms with Crippen molar-refractivity contribution in [2.24, 2.45) is 5.73 Å². The van der Waals surface area contributed by atoms with Gasteiger partial charge in [-0.15, -0.1) is 0 Å². The summed E-state index contributed by atoms with van der Waals surface area (Å²) in [5.74, 6) is -0.403. The Kier molecular flexibility index (Phi) is 6.11. The molecule has 10 heteroatoms. The molecule has 0 bridgehead atoms. The lowest BCUT2D eigenvalue weighted by molar-refractivity contribution is -0.117. The third-order valence-electron chi connectivity index (χ3n) is 3.46. The first-order chi connectivity index (χ1) is 12.4. The Morgan fingerprint density at radius 2 is 1.44 bits per heavy atom. The minimum Gasteiger partial charge on any atom is -0.370 e. The summed E-state index contributed by atoms with van der Waals surface area (Å²) in [5.41, 5.74) is 7.86. The number of primary amides is 1. The zero-order valence-electron chi connectivity index (χ0n) is 14.9. The molecule has 0 aromatic heterocycles. The van der Waals surface area contributed by atoms with Gasteiger partial charge in [0.15, 0.2) is 0 Å². The van der Waals surface area contributed by atoms with Crippen LogP contribution in [-0.4, -0.2) is 35.3 Å². The Balaban J connectivity index is 2.48. The van der Waals surface area contributed by atoms with Crippen molar-refractivity contribution in [2.75, 3.05) is 22.0 Å². The number of aryl methyl sites for hydroxylation is 1. The number of amides is 1. The zero-order valence-corrected chi connectivity index (χ0v) is 16.5. The van der Waals surface area contributed by atoms with Crippen molar-refractivity contribution in [1.82, 2.24) is 0 Å². The molecule has 0 fully saturated rings. The fourth-order valence-corrected chi connectivity index (χ4v) is 3.61. The molecule has 27 heavy (non-hydrogen) atoms. The number of hydrogen-bond acceptors (Lipinski definition) is 5. The Labute approximate surface area is 158 Å². The maximum atomic E-state index is 11.6. The highest BCUT2D eigenvalue weighted by Crippen LogP contribution is 2.29. The lowest BCUT2D eigenvalue weighted by Crippen LogP contribution is -2.12. The average Bonchev–Trinajstić information content (AvgIpc) is 2.49. The number of rotatable bonds is 8. The summed E-state index contributed by atoms with van der Waals surface area (Å²) in [6.45, 7) is 0. The molecule has 0 aliphatic rings. The molecule has 0 saturated heterocycles. The van der Waals surface area contributed by atoms with E-state index >= 15 is 0 Å². The average molecular weight is 412 g/mol. The van der Waals surface area contributed by atoms with Gasteiger partial charge >= 0.3 is 0 Å². The molecule has 1 amide bonds. The molecule has 2 aromatic carbocycles. The summed E-state index contributed by atoms with van der Waals surface area (Å²) in [6, 6.07) is 11.9. The molecule has 0 radical (unpaired) electrons. The van der Waals surface area contributed by atoms with Crippen LogP contribution in [0.3, 0.4) is 0 Å². The van der Waals surface area contributed by atoms with Gasteiger partial charge in [0.05, 0.1) is 23.9 Å². The van der Waals surface area contributed by atoms with Crippen LogP contribution in [0.2, 0.25) is 0 Å². The standard InChI is InChI=1S/C17H21N3O5S2/c1-26(22,23)19-15-9-14(10-16(11-15)20-27(2,24)25)13-5-3-4-12(8-13)6-7-17(18)21/h3-5,8-11,19-20H,6-7H2,1-2H3,(H2,18,21). The van der Waals surface area contributed by atoms with E-state index in [-0.39, 0.29) is 17.8 Å². The first-order valence-corrected chi connectivity index (χ1v) is 11.7. The highest BCUT2D eigenvalue weighted by atomic mass is 32.2. The number of carbonyl (C=O) groups excluding carboxylic acids is 1. The molecule has 0 aliphatic carbocycles. The number of nitrogens with two attached hydrogens (primary N) is 1. The number of hydrogen-bond donors (Lipinski definition) is 3. The van der Waals surface area contributed by atoms with Crippen LogP contribution in [0.5, 0.6) is 0 Å². The highest BCUT2D eigenvalue weighted by molar-refractivity contribution is 7.92. The van der Waals surface area contributed by atoms with E-state index in [4.69, 9.17) is 5.73 Å². The van der Waals surface area contributed by atoms with Crippen molar-refractivity contribution in [2.45, 2.75) is 12.8 Å². The predicted octanol–water partition coefficient (Wildman–Crippen LogP) is 1.51. The van der Waals surface area contributed by atoms with Crippen LogP contribution >= 0.6 is 0 Å². The molecule has 4 N–H and O–H groups in total. The maximum absolute atomic E-state index is 11.6. The lowest BCUT2D eigenvalue weighted by Gasteiger charge is -2.12. The molecular formula is C17H21N3O5S2. The van der Waals surface area contributed by atoms with Gasteiger partial charge in [-0.1, -0.05) is 24.3 Å². The first kappa shape index (κ1) is 20.7. The number of sulfonamides is 2. The van der Waals surface area contributed by atoms with Gasteiger partial charge < -0.3 is 5.73 Å². The number of benzene rings is 2. The van der Waals surface area contributed by atoms with Crippen molar-refractivity contribution in [3.05, 3.63) is 48.0 Å². The van der Waals surface area contributed by atoms with E-state index < -0.39 is 26.0 Å². The third-order valence-corrected chi connectivity index (χ3v) is 4.67. The van der Waals surface area contributed by atoms with Crippen LogP contribution in [0.1, 0.15) is 12.0 Å². The molecular weight excluding hydrogens is 390 g/mol. The molecule has 8 nitrogen and oxygen atoms in total. The van der Waals surface area contributed by atoms with Crippen LogP contribution in [-0.2, 0) is 31.3 Å². The normalized spacial score (nSPS) is 11.8. The summed E-state index contributed by atoms with van der Waals surface area (Å²) >= 11 is 0. The van der Waals surface area contributed by atoms with E-state index in [2.05, 4.69) is 9.44 Å². The molecule has 0 atom stereocenters. The number of carbonyl (C=O) groups is 1. The van der Waals surface area contributed by atoms with Crippen LogP contribution in [0.15, 0.2) is 42.5 Å². The summed E-state index contributed by atoms with van der Waals surface area (Å²) in [4.78, 5) is 11.0. The van der Waals surface area contributed by atoms with E-state index in [9.17, 15) is 21.6 Å². The van der Waals surface area contributed by atoms with Crippen molar-refractivity contribution >= 4 is 37.3 Å². The van der Waals surface area contributed by atoms with Crippen molar-refractivity contribution in [3.63, 3.8) is 0 Å². The maximum Gasteiger partial charge on any atom is 0.229 e. The van der Waals surface area contributed by atoms with Gasteiger partial charge in [0.2, 0.25) is 26.0 Å². The third kappa shape index (κ3) is 7.27. The second-order valence-corrected chi connectivity index (χ2v) is 9.71. The topological polar surface area (TPSA) is 135 Å². The van der Waals surface area contributed by atoms with Crippen molar-refractivity contribution < 1.29 is 21.6 Å². The molecule has 146 valence electrons. The summed E-state index contributed by atoms with van der Waals surface area (Å²) < 4.78 is 50.9. The summed E-state index contributed by atoms with van der Waals surface area (Å²) in [5, 5.41) is 0. The largest absolute Gasteiger partial charge is 0.370 e. The monoisotopic (exact) mass is 411 g/mol. The van der Waals surface area contributed by atoms with Crippen LogP contribution in [0.25, 0.3) is 11.1 Å². The molecule has 0 heterocycles. The molecule has 0 saturated carbocycles. The smallest absolute Gasteiger partial charge is 0.229 e. The quantitative estimate of drug-likeness (QED) is 0.605. The zero-order chi connectivity index (χ0) is 20.2. The molecule has 0 aliphatic heterocycles. The van der Waals surface area contributed by atoms with Gasteiger partial charge in [0.1, 0.15) is 0 Å². The molecule has 2 aromatic rings. The van der Waals surface area contributed by atoms with Crippen LogP contribution < -0.4 is 15.2 Å². The van der Waals surface area contributed by atoms with E-state index in [0.29, 0.717) is 12.0 Å². The van der Waals surface area contributed by atoms with Gasteiger partial charge in [-0.05, 0) is 41.3 Å². The van der Waals surface area contributed by atoms with Crippen LogP contribution in [0, 0.1) is 0 Å². The fraction of sp³-hybridized carbons (Fsp3) is 0.235. The van der Waals surface area contributed by atoms with Crippen molar-refractivity contribution in [3.8, 4) is 11.1 Å². The van der Waals surface area contributed by atoms with Gasteiger partial charge in [-0.25, -0.2) is 16.8 Å².